The van der Waals surface area contributed by atoms with Gasteiger partial charge in [0.05, 0.1) is 5.56 Å². The molecule has 0 amide bonds. The Balaban J connectivity index is 1.67. The van der Waals surface area contributed by atoms with Crippen LogP contribution in [0.2, 0.25) is 0 Å². The zero-order chi connectivity index (χ0) is 19.1. The second-order valence-electron chi connectivity index (χ2n) is 7.54. The molecule has 0 bridgehead atoms. The molecule has 27 heavy (non-hydrogen) atoms. The fourth-order valence-corrected chi connectivity index (χ4v) is 3.68. The predicted molar refractivity (Wildman–Crippen MR) is 101 cm³/mol. The van der Waals surface area contributed by atoms with Gasteiger partial charge < -0.3 is 9.47 Å². The third-order valence-electron chi connectivity index (χ3n) is 4.77. The lowest BCUT2D eigenvalue weighted by Crippen LogP contribution is -2.35. The Morgan fingerprint density at radius 2 is 2.07 bits per heavy atom. The maximum Gasteiger partial charge on any atom is 0.231 e. The van der Waals surface area contributed by atoms with E-state index >= 15 is 0 Å². The summed E-state index contributed by atoms with van der Waals surface area (Å²) in [5.74, 6) is 1.56. The van der Waals surface area contributed by atoms with Crippen molar-refractivity contribution in [2.45, 2.75) is 27.3 Å². The molecule has 0 aromatic heterocycles. The summed E-state index contributed by atoms with van der Waals surface area (Å²) in [5.41, 5.74) is 2.97. The van der Waals surface area contributed by atoms with Crippen molar-refractivity contribution in [1.29, 1.82) is 0 Å². The highest BCUT2D eigenvalue weighted by atomic mass is 19.1. The maximum atomic E-state index is 13.4. The van der Waals surface area contributed by atoms with Crippen LogP contribution in [0.25, 0.3) is 6.08 Å². The minimum Gasteiger partial charge on any atom is -0.477 e. The van der Waals surface area contributed by atoms with Crippen LogP contribution < -0.4 is 9.47 Å². The van der Waals surface area contributed by atoms with E-state index in [1.54, 1.807) is 18.2 Å². The molecule has 4 nitrogen and oxygen atoms in total. The number of fused-ring (bicyclic) bond motifs is 2. The monoisotopic (exact) mass is 367 g/mol. The van der Waals surface area contributed by atoms with Crippen LogP contribution in [0.5, 0.6) is 11.5 Å². The first-order chi connectivity index (χ1) is 12.9. The van der Waals surface area contributed by atoms with Crippen molar-refractivity contribution < 1.29 is 18.7 Å². The van der Waals surface area contributed by atoms with E-state index in [9.17, 15) is 9.18 Å². The van der Waals surface area contributed by atoms with Crippen molar-refractivity contribution in [3.63, 3.8) is 0 Å². The van der Waals surface area contributed by atoms with Crippen LogP contribution in [0.3, 0.4) is 0 Å². The molecule has 0 fully saturated rings. The van der Waals surface area contributed by atoms with Crippen molar-refractivity contribution in [2.75, 3.05) is 13.3 Å². The minimum atomic E-state index is -0.349. The van der Waals surface area contributed by atoms with Crippen LogP contribution in [0.15, 0.2) is 36.1 Å². The summed E-state index contributed by atoms with van der Waals surface area (Å²) in [6.07, 6.45) is 1.58. The summed E-state index contributed by atoms with van der Waals surface area (Å²) >= 11 is 0. The molecular formula is C22H22FNO3. The zero-order valence-electron chi connectivity index (χ0n) is 15.7. The molecule has 0 atom stereocenters. The predicted octanol–water partition coefficient (Wildman–Crippen LogP) is 4.56. The molecule has 0 radical (unpaired) electrons. The largest absolute Gasteiger partial charge is 0.477 e. The Hall–Kier alpha value is -2.66. The quantitative estimate of drug-likeness (QED) is 0.746. The molecule has 0 saturated carbocycles. The standard InChI is InChI=1S/C22H22FNO3/c1-13(2)10-24-11-16-9-18-20(25)19(8-15-5-4-6-17(23)7-15)27-22(18)14(3)21(16)26-12-24/h4-9,13H,10-12H2,1-3H3/b19-8-. The lowest BCUT2D eigenvalue weighted by molar-refractivity contribution is 0.0835. The van der Waals surface area contributed by atoms with Gasteiger partial charge in [-0.05, 0) is 42.7 Å². The van der Waals surface area contributed by atoms with Gasteiger partial charge >= 0.3 is 0 Å². The smallest absolute Gasteiger partial charge is 0.231 e. The van der Waals surface area contributed by atoms with Crippen LogP contribution in [0.1, 0.15) is 40.9 Å². The van der Waals surface area contributed by atoms with E-state index in [4.69, 9.17) is 9.47 Å². The third-order valence-corrected chi connectivity index (χ3v) is 4.77. The van der Waals surface area contributed by atoms with Gasteiger partial charge in [-0.2, -0.15) is 0 Å². The van der Waals surface area contributed by atoms with E-state index in [2.05, 4.69) is 18.7 Å². The number of Topliss-reactive ketones (excluding diaryl/α,β-unsaturated/α-hetero) is 1. The first-order valence-electron chi connectivity index (χ1n) is 9.14. The number of ether oxygens (including phenoxy) is 2. The lowest BCUT2D eigenvalue weighted by Gasteiger charge is -2.31. The van der Waals surface area contributed by atoms with E-state index in [1.807, 2.05) is 13.0 Å². The van der Waals surface area contributed by atoms with Gasteiger partial charge in [0.1, 0.15) is 24.0 Å². The van der Waals surface area contributed by atoms with E-state index in [0.29, 0.717) is 29.5 Å². The van der Waals surface area contributed by atoms with E-state index < -0.39 is 0 Å². The number of hydrogen-bond donors (Lipinski definition) is 0. The fraction of sp³-hybridized carbons (Fsp3) is 0.318. The molecule has 140 valence electrons. The number of carbonyl (C=O) groups excluding carboxylic acids is 1. The Kier molecular flexibility index (Phi) is 4.48. The molecule has 2 aliphatic rings. The average molecular weight is 367 g/mol. The van der Waals surface area contributed by atoms with Gasteiger partial charge in [-0.25, -0.2) is 4.39 Å². The molecule has 2 aromatic carbocycles. The molecule has 0 N–H and O–H groups in total. The summed E-state index contributed by atoms with van der Waals surface area (Å²) < 4.78 is 25.2. The van der Waals surface area contributed by atoms with Gasteiger partial charge in [-0.3, -0.25) is 9.69 Å². The summed E-state index contributed by atoms with van der Waals surface area (Å²) in [6.45, 7) is 8.47. The summed E-state index contributed by atoms with van der Waals surface area (Å²) in [6, 6.07) is 7.96. The van der Waals surface area contributed by atoms with Crippen LogP contribution >= 0.6 is 0 Å². The number of hydrogen-bond acceptors (Lipinski definition) is 4. The zero-order valence-corrected chi connectivity index (χ0v) is 15.7. The highest BCUT2D eigenvalue weighted by Crippen LogP contribution is 2.43. The SMILES string of the molecule is Cc1c2c(cc3c1O/C(=C\c1cccc(F)c1)C3=O)CN(CC(C)C)CO2. The molecule has 2 heterocycles. The van der Waals surface area contributed by atoms with Crippen LogP contribution in [0.4, 0.5) is 4.39 Å². The normalized spacial score (nSPS) is 17.7. The topological polar surface area (TPSA) is 38.8 Å². The number of nitrogens with zero attached hydrogens (tertiary/aromatic N) is 1. The van der Waals surface area contributed by atoms with Crippen molar-refractivity contribution in [3.05, 3.63) is 64.2 Å². The Morgan fingerprint density at radius 3 is 2.81 bits per heavy atom. The Bertz CT molecular complexity index is 949. The van der Waals surface area contributed by atoms with Crippen molar-refractivity contribution in [2.24, 2.45) is 5.92 Å². The first kappa shape index (κ1) is 17.7. The molecule has 2 aliphatic heterocycles. The number of rotatable bonds is 3. The summed E-state index contributed by atoms with van der Waals surface area (Å²) in [5, 5.41) is 0. The summed E-state index contributed by atoms with van der Waals surface area (Å²) in [7, 11) is 0. The number of ketones is 1. The molecule has 5 heteroatoms. The van der Waals surface area contributed by atoms with Crippen molar-refractivity contribution >= 4 is 11.9 Å². The molecule has 0 aliphatic carbocycles. The van der Waals surface area contributed by atoms with E-state index in [1.165, 1.54) is 12.1 Å². The minimum absolute atomic E-state index is 0.179. The fourth-order valence-electron chi connectivity index (χ4n) is 3.68. The number of allylic oxidation sites excluding steroid dienone is 1. The van der Waals surface area contributed by atoms with Gasteiger partial charge in [-0.1, -0.05) is 26.0 Å². The summed E-state index contributed by atoms with van der Waals surface area (Å²) in [4.78, 5) is 15.1. The molecule has 0 spiro atoms. The molecule has 4 rings (SSSR count). The molecule has 2 aromatic rings. The molecule has 0 saturated heterocycles. The molecular weight excluding hydrogens is 345 g/mol. The van der Waals surface area contributed by atoms with Gasteiger partial charge in [0.15, 0.2) is 5.76 Å². The van der Waals surface area contributed by atoms with Gasteiger partial charge in [-0.15, -0.1) is 0 Å². The van der Waals surface area contributed by atoms with E-state index in [0.717, 1.165) is 30.0 Å². The Morgan fingerprint density at radius 1 is 1.26 bits per heavy atom. The van der Waals surface area contributed by atoms with Gasteiger partial charge in [0.25, 0.3) is 0 Å². The maximum absolute atomic E-state index is 13.4. The number of carbonyl (C=O) groups is 1. The van der Waals surface area contributed by atoms with Crippen LogP contribution in [-0.4, -0.2) is 24.0 Å². The highest BCUT2D eigenvalue weighted by Gasteiger charge is 2.33. The Labute approximate surface area is 158 Å². The average Bonchev–Trinajstić information content (AvgIpc) is 2.91. The van der Waals surface area contributed by atoms with Crippen LogP contribution in [0, 0.1) is 18.7 Å². The van der Waals surface area contributed by atoms with E-state index in [-0.39, 0.29) is 17.4 Å². The van der Waals surface area contributed by atoms with Crippen molar-refractivity contribution in [1.82, 2.24) is 4.90 Å². The second-order valence-corrected chi connectivity index (χ2v) is 7.54. The van der Waals surface area contributed by atoms with Gasteiger partial charge in [0, 0.05) is 24.2 Å². The second kappa shape index (κ2) is 6.82. The lowest BCUT2D eigenvalue weighted by atomic mass is 9.99. The van der Waals surface area contributed by atoms with Crippen LogP contribution in [-0.2, 0) is 6.54 Å². The molecule has 0 unspecified atom stereocenters. The third kappa shape index (κ3) is 3.35. The van der Waals surface area contributed by atoms with Gasteiger partial charge in [0.2, 0.25) is 5.78 Å². The number of halogens is 1. The first-order valence-corrected chi connectivity index (χ1v) is 9.14. The number of benzene rings is 2. The van der Waals surface area contributed by atoms with Crippen molar-refractivity contribution in [3.8, 4) is 11.5 Å². The highest BCUT2D eigenvalue weighted by molar-refractivity contribution is 6.15.